The third-order valence-electron chi connectivity index (χ3n) is 1.78. The van der Waals surface area contributed by atoms with Crippen LogP contribution in [0.2, 0.25) is 0 Å². The predicted molar refractivity (Wildman–Crippen MR) is 54.6 cm³/mol. The Labute approximate surface area is 119 Å². The molecule has 1 N–H and O–H groups in total. The Hall–Kier alpha value is 0.535. The van der Waals surface area contributed by atoms with Gasteiger partial charge in [0.25, 0.3) is 0 Å². The number of hydrogen-bond acceptors (Lipinski definition) is 2. The average molecular weight is 342 g/mol. The molecule has 0 rings (SSSR count). The number of allylic oxidation sites excluding steroid dienone is 2. The summed E-state index contributed by atoms with van der Waals surface area (Å²) in [6, 6.07) is 0. The minimum absolute atomic E-state index is 0. The van der Waals surface area contributed by atoms with Gasteiger partial charge in [-0.2, -0.15) is 0 Å². The molecule has 0 aliphatic heterocycles. The second-order valence-electron chi connectivity index (χ2n) is 5.39. The Morgan fingerprint density at radius 3 is 1.57 bits per heavy atom. The van der Waals surface area contributed by atoms with Crippen molar-refractivity contribution in [2.45, 2.75) is 41.5 Å². The standard InChI is InChI=1S/C11H20O2.Gd/c1-10(2,3)8(12)7-9(13)11(4,5)6;/h7,12H,1-6H3;/b8-7-;. The zero-order valence-corrected chi connectivity index (χ0v) is 12.1. The van der Waals surface area contributed by atoms with Crippen LogP contribution in [0.1, 0.15) is 41.5 Å². The molecule has 3 heteroatoms. The molecule has 0 fully saturated rings. The van der Waals surface area contributed by atoms with Crippen molar-refractivity contribution in [3.8, 4) is 0 Å². The summed E-state index contributed by atoms with van der Waals surface area (Å²) < 4.78 is 0. The maximum absolute atomic E-state index is 11.5. The Morgan fingerprint density at radius 2 is 1.36 bits per heavy atom. The van der Waals surface area contributed by atoms with Gasteiger partial charge < -0.3 is 5.11 Å². The van der Waals surface area contributed by atoms with E-state index in [0.717, 1.165) is 0 Å². The number of aliphatic hydroxyl groups excluding tert-OH is 1. The Balaban J connectivity index is 0. The molecule has 0 radical (unpaired) electrons. The molecule has 0 bridgehead atoms. The molecule has 0 aromatic rings. The number of carbonyl (C=O) groups is 1. The topological polar surface area (TPSA) is 37.3 Å². The van der Waals surface area contributed by atoms with Crippen LogP contribution in [0.4, 0.5) is 0 Å². The third kappa shape index (κ3) is 6.10. The van der Waals surface area contributed by atoms with Crippen LogP contribution >= 0.6 is 0 Å². The normalized spacial score (nSPS) is 13.4. The van der Waals surface area contributed by atoms with E-state index in [1.807, 2.05) is 41.5 Å². The molecule has 0 amide bonds. The van der Waals surface area contributed by atoms with E-state index in [2.05, 4.69) is 0 Å². The first-order chi connectivity index (χ1) is 5.55. The minimum atomic E-state index is -0.417. The van der Waals surface area contributed by atoms with E-state index in [0.29, 0.717) is 0 Å². The molecule has 2 nitrogen and oxygen atoms in total. The number of rotatable bonds is 1. The molecule has 14 heavy (non-hydrogen) atoms. The molecule has 0 spiro atoms. The van der Waals surface area contributed by atoms with Crippen LogP contribution < -0.4 is 0 Å². The SMILES string of the molecule is CC(C)(C)C(=O)/C=C(\O)C(C)(C)C.[Gd]. The van der Waals surface area contributed by atoms with Crippen LogP contribution in [-0.2, 0) is 4.79 Å². The van der Waals surface area contributed by atoms with E-state index in [1.54, 1.807) is 0 Å². The van der Waals surface area contributed by atoms with Crippen LogP contribution in [0.5, 0.6) is 0 Å². The summed E-state index contributed by atoms with van der Waals surface area (Å²) in [7, 11) is 0. The van der Waals surface area contributed by atoms with Crippen molar-refractivity contribution >= 4 is 5.78 Å². The number of ketones is 1. The van der Waals surface area contributed by atoms with Crippen molar-refractivity contribution in [1.29, 1.82) is 0 Å². The van der Waals surface area contributed by atoms with E-state index in [1.165, 1.54) is 6.08 Å². The predicted octanol–water partition coefficient (Wildman–Crippen LogP) is 3.09. The number of aliphatic hydroxyl groups is 1. The molecule has 0 unspecified atom stereocenters. The van der Waals surface area contributed by atoms with Crippen molar-refractivity contribution in [3.05, 3.63) is 11.8 Å². The first kappa shape index (κ1) is 16.9. The van der Waals surface area contributed by atoms with Gasteiger partial charge in [-0.05, 0) is 0 Å². The maximum Gasteiger partial charge on any atom is 0.164 e. The number of carbonyl (C=O) groups excluding carboxylic acids is 1. The second-order valence-corrected chi connectivity index (χ2v) is 5.39. The molecule has 0 aromatic carbocycles. The molecule has 0 aromatic heterocycles. The monoisotopic (exact) mass is 342 g/mol. The van der Waals surface area contributed by atoms with Crippen molar-refractivity contribution in [1.82, 2.24) is 0 Å². The van der Waals surface area contributed by atoms with E-state index in [4.69, 9.17) is 0 Å². The summed E-state index contributed by atoms with van der Waals surface area (Å²) in [6.07, 6.45) is 1.33. The van der Waals surface area contributed by atoms with Gasteiger partial charge in [0.15, 0.2) is 5.78 Å². The molecule has 0 aliphatic carbocycles. The van der Waals surface area contributed by atoms with Gasteiger partial charge in [-0.15, -0.1) is 0 Å². The van der Waals surface area contributed by atoms with Crippen LogP contribution in [0.25, 0.3) is 0 Å². The molecular formula is C11H20GdO2. The molecule has 0 atom stereocenters. The van der Waals surface area contributed by atoms with Gasteiger partial charge in [0, 0.05) is 56.8 Å². The molecular weight excluding hydrogens is 321 g/mol. The summed E-state index contributed by atoms with van der Waals surface area (Å²) in [4.78, 5) is 11.5. The quantitative estimate of drug-likeness (QED) is 0.588. The van der Waals surface area contributed by atoms with Crippen LogP contribution in [0, 0.1) is 50.8 Å². The Bertz CT molecular complexity index is 229. The van der Waals surface area contributed by atoms with Crippen molar-refractivity contribution < 1.29 is 49.8 Å². The largest absolute Gasteiger partial charge is 0.512 e. The van der Waals surface area contributed by atoms with Gasteiger partial charge in [0.2, 0.25) is 0 Å². The fraction of sp³-hybridized carbons (Fsp3) is 0.727. The van der Waals surface area contributed by atoms with Crippen LogP contribution in [-0.4, -0.2) is 10.9 Å². The zero-order valence-electron chi connectivity index (χ0n) is 9.79. The van der Waals surface area contributed by atoms with Gasteiger partial charge in [-0.1, -0.05) is 41.5 Å². The van der Waals surface area contributed by atoms with Gasteiger partial charge in [0.1, 0.15) is 5.76 Å². The Kier molecular flexibility index (Phi) is 6.75. The first-order valence-corrected chi connectivity index (χ1v) is 4.51. The van der Waals surface area contributed by atoms with Gasteiger partial charge in [-0.25, -0.2) is 0 Å². The molecule has 84 valence electrons. The average Bonchev–Trinajstić information content (AvgIpc) is 1.82. The second kappa shape index (κ2) is 5.57. The van der Waals surface area contributed by atoms with E-state index < -0.39 is 5.41 Å². The number of hydrogen-bond donors (Lipinski definition) is 1. The van der Waals surface area contributed by atoms with Crippen molar-refractivity contribution in [3.63, 3.8) is 0 Å². The summed E-state index contributed by atoms with van der Waals surface area (Å²) in [5.74, 6) is 0.104. The van der Waals surface area contributed by atoms with E-state index >= 15 is 0 Å². The van der Waals surface area contributed by atoms with Crippen LogP contribution in [0.15, 0.2) is 11.8 Å². The van der Waals surface area contributed by atoms with Gasteiger partial charge in [0.05, 0.1) is 0 Å². The van der Waals surface area contributed by atoms with Gasteiger partial charge >= 0.3 is 0 Å². The van der Waals surface area contributed by atoms with Gasteiger partial charge in [-0.3, -0.25) is 4.79 Å². The van der Waals surface area contributed by atoms with E-state index in [-0.39, 0.29) is 56.9 Å². The summed E-state index contributed by atoms with van der Waals surface area (Å²) >= 11 is 0. The zero-order chi connectivity index (χ0) is 10.9. The van der Waals surface area contributed by atoms with Crippen LogP contribution in [0.3, 0.4) is 0 Å². The minimum Gasteiger partial charge on any atom is -0.512 e. The molecule has 0 saturated carbocycles. The van der Waals surface area contributed by atoms with Crippen molar-refractivity contribution in [2.24, 2.45) is 10.8 Å². The fourth-order valence-corrected chi connectivity index (χ4v) is 0.557. The summed E-state index contributed by atoms with van der Waals surface area (Å²) in [5.41, 5.74) is -0.764. The Morgan fingerprint density at radius 1 is 1.00 bits per heavy atom. The summed E-state index contributed by atoms with van der Waals surface area (Å²) in [6.45, 7) is 11.1. The summed E-state index contributed by atoms with van der Waals surface area (Å²) in [5, 5.41) is 9.56. The van der Waals surface area contributed by atoms with Crippen molar-refractivity contribution in [2.75, 3.05) is 0 Å². The first-order valence-electron chi connectivity index (χ1n) is 4.51. The fourth-order valence-electron chi connectivity index (χ4n) is 0.557. The third-order valence-corrected chi connectivity index (χ3v) is 1.78. The molecule has 0 saturated heterocycles. The van der Waals surface area contributed by atoms with E-state index in [9.17, 15) is 9.90 Å². The molecule has 0 aliphatic rings. The maximum atomic E-state index is 11.5. The molecule has 0 heterocycles. The smallest absolute Gasteiger partial charge is 0.164 e.